The lowest BCUT2D eigenvalue weighted by atomic mass is 9.49. The van der Waals surface area contributed by atoms with Crippen molar-refractivity contribution in [1.82, 2.24) is 15.1 Å². The summed E-state index contributed by atoms with van der Waals surface area (Å²) in [6.07, 6.45) is 13.4. The molecular formula is C26H41N3O2. The average Bonchev–Trinajstić information content (AvgIpc) is 3.21. The zero-order valence-electron chi connectivity index (χ0n) is 19.6. The molecule has 2 aliphatic heterocycles. The summed E-state index contributed by atoms with van der Waals surface area (Å²) in [6, 6.07) is 0.0248. The maximum absolute atomic E-state index is 13.8. The van der Waals surface area contributed by atoms with Gasteiger partial charge >= 0.3 is 0 Å². The Labute approximate surface area is 188 Å². The van der Waals surface area contributed by atoms with Crippen LogP contribution in [0.15, 0.2) is 11.6 Å². The molecule has 4 bridgehead atoms. The highest BCUT2D eigenvalue weighted by Gasteiger charge is 2.56. The molecule has 2 heterocycles. The Morgan fingerprint density at radius 2 is 1.55 bits per heavy atom. The second kappa shape index (κ2) is 8.53. The van der Waals surface area contributed by atoms with E-state index in [0.717, 1.165) is 88.9 Å². The standard InChI is InChI=1S/C26H41N3O2/c1-18(2)5-9-28-10-6-22(7-11-28)27-24(30)23-4-3-8-29(23)25(31)26-15-19-12-20(16-26)14-21(13-19)17-26/h5,19-23H,3-4,6-17H2,1-2H3,(H,27,30). The topological polar surface area (TPSA) is 52.7 Å². The van der Waals surface area contributed by atoms with Crippen LogP contribution in [-0.2, 0) is 9.59 Å². The Morgan fingerprint density at radius 1 is 0.935 bits per heavy atom. The molecule has 1 N–H and O–H groups in total. The Morgan fingerprint density at radius 3 is 2.13 bits per heavy atom. The third-order valence-electron chi connectivity index (χ3n) is 9.00. The lowest BCUT2D eigenvalue weighted by molar-refractivity contribution is -0.160. The maximum atomic E-state index is 13.8. The normalized spacial score (nSPS) is 37.8. The molecule has 2 amide bonds. The molecule has 172 valence electrons. The molecule has 1 unspecified atom stereocenters. The molecule has 2 saturated heterocycles. The SMILES string of the molecule is CC(C)=CCN1CCC(NC(=O)C2CCCN2C(=O)C23CC4CC(CC(C4)C2)C3)CC1. The van der Waals surface area contributed by atoms with Crippen LogP contribution in [-0.4, -0.2) is 59.9 Å². The first kappa shape index (κ1) is 21.5. The van der Waals surface area contributed by atoms with Crippen molar-refractivity contribution < 1.29 is 9.59 Å². The molecule has 31 heavy (non-hydrogen) atoms. The van der Waals surface area contributed by atoms with Crippen molar-refractivity contribution in [2.45, 2.75) is 90.1 Å². The van der Waals surface area contributed by atoms with Gasteiger partial charge in [0.1, 0.15) is 6.04 Å². The molecular weight excluding hydrogens is 386 g/mol. The van der Waals surface area contributed by atoms with Gasteiger partial charge in [-0.1, -0.05) is 11.6 Å². The quantitative estimate of drug-likeness (QED) is 0.680. The fourth-order valence-electron chi connectivity index (χ4n) is 7.83. The Balaban J connectivity index is 1.18. The molecule has 1 atom stereocenters. The largest absolute Gasteiger partial charge is 0.351 e. The second-order valence-corrected chi connectivity index (χ2v) is 11.7. The van der Waals surface area contributed by atoms with Crippen LogP contribution in [0.5, 0.6) is 0 Å². The van der Waals surface area contributed by atoms with Crippen molar-refractivity contribution in [3.63, 3.8) is 0 Å². The smallest absolute Gasteiger partial charge is 0.243 e. The second-order valence-electron chi connectivity index (χ2n) is 11.7. The number of piperidine rings is 1. The number of carbonyl (C=O) groups excluding carboxylic acids is 2. The first-order chi connectivity index (χ1) is 14.9. The fraction of sp³-hybridized carbons (Fsp3) is 0.846. The zero-order valence-corrected chi connectivity index (χ0v) is 19.6. The highest BCUT2D eigenvalue weighted by Crippen LogP contribution is 2.60. The minimum atomic E-state index is -0.232. The molecule has 5 nitrogen and oxygen atoms in total. The van der Waals surface area contributed by atoms with Gasteiger partial charge in [0.25, 0.3) is 0 Å². The van der Waals surface area contributed by atoms with Crippen LogP contribution in [0, 0.1) is 23.2 Å². The number of allylic oxidation sites excluding steroid dienone is 1. The van der Waals surface area contributed by atoms with E-state index >= 15 is 0 Å². The summed E-state index contributed by atoms with van der Waals surface area (Å²) in [7, 11) is 0. The van der Waals surface area contributed by atoms with E-state index in [1.165, 1.54) is 24.8 Å². The molecule has 0 radical (unpaired) electrons. The summed E-state index contributed by atoms with van der Waals surface area (Å²) in [5, 5.41) is 3.33. The van der Waals surface area contributed by atoms with Gasteiger partial charge in [-0.05, 0) is 95.8 Å². The molecule has 0 aromatic heterocycles. The molecule has 5 heteroatoms. The number of hydrogen-bond acceptors (Lipinski definition) is 3. The Hall–Kier alpha value is -1.36. The molecule has 4 aliphatic carbocycles. The number of likely N-dealkylation sites (tertiary alicyclic amines) is 2. The number of hydrogen-bond donors (Lipinski definition) is 1. The molecule has 0 aromatic carbocycles. The molecule has 4 saturated carbocycles. The maximum Gasteiger partial charge on any atom is 0.243 e. The van der Waals surface area contributed by atoms with Gasteiger partial charge in [-0.25, -0.2) is 0 Å². The molecule has 0 spiro atoms. The van der Waals surface area contributed by atoms with Crippen LogP contribution in [0.25, 0.3) is 0 Å². The summed E-state index contributed by atoms with van der Waals surface area (Å²) < 4.78 is 0. The fourth-order valence-corrected chi connectivity index (χ4v) is 7.83. The van der Waals surface area contributed by atoms with Gasteiger partial charge in [-0.2, -0.15) is 0 Å². The summed E-state index contributed by atoms with van der Waals surface area (Å²) in [5.74, 6) is 2.74. The van der Waals surface area contributed by atoms with Gasteiger partial charge < -0.3 is 10.2 Å². The van der Waals surface area contributed by atoms with E-state index in [0.29, 0.717) is 5.91 Å². The number of carbonyl (C=O) groups is 2. The highest BCUT2D eigenvalue weighted by molar-refractivity contribution is 5.91. The van der Waals surface area contributed by atoms with Gasteiger partial charge in [0.2, 0.25) is 11.8 Å². The van der Waals surface area contributed by atoms with Gasteiger partial charge in [0.05, 0.1) is 5.41 Å². The summed E-state index contributed by atoms with van der Waals surface area (Å²) in [5.41, 5.74) is 1.23. The lowest BCUT2D eigenvalue weighted by Crippen LogP contribution is -2.58. The molecule has 6 aliphatic rings. The van der Waals surface area contributed by atoms with Crippen molar-refractivity contribution >= 4 is 11.8 Å². The van der Waals surface area contributed by atoms with Gasteiger partial charge in [0, 0.05) is 32.2 Å². The van der Waals surface area contributed by atoms with Crippen LogP contribution >= 0.6 is 0 Å². The lowest BCUT2D eigenvalue weighted by Gasteiger charge is -2.56. The van der Waals surface area contributed by atoms with E-state index in [-0.39, 0.29) is 23.4 Å². The summed E-state index contributed by atoms with van der Waals surface area (Å²) in [6.45, 7) is 8.15. The third kappa shape index (κ3) is 4.31. The average molecular weight is 428 g/mol. The molecule has 6 fully saturated rings. The minimum Gasteiger partial charge on any atom is -0.351 e. The van der Waals surface area contributed by atoms with Gasteiger partial charge in [-0.15, -0.1) is 0 Å². The van der Waals surface area contributed by atoms with Crippen molar-refractivity contribution in [2.75, 3.05) is 26.2 Å². The van der Waals surface area contributed by atoms with Crippen LogP contribution in [0.1, 0.15) is 78.1 Å². The van der Waals surface area contributed by atoms with Crippen LogP contribution in [0.3, 0.4) is 0 Å². The minimum absolute atomic E-state index is 0.110. The number of nitrogens with one attached hydrogen (secondary N) is 1. The first-order valence-electron chi connectivity index (χ1n) is 12.9. The van der Waals surface area contributed by atoms with Crippen molar-refractivity contribution in [2.24, 2.45) is 23.2 Å². The van der Waals surface area contributed by atoms with Crippen LogP contribution in [0.4, 0.5) is 0 Å². The predicted molar refractivity (Wildman–Crippen MR) is 122 cm³/mol. The van der Waals surface area contributed by atoms with E-state index in [9.17, 15) is 9.59 Å². The molecule has 0 aromatic rings. The van der Waals surface area contributed by atoms with Crippen molar-refractivity contribution in [3.05, 3.63) is 11.6 Å². The van der Waals surface area contributed by atoms with Crippen molar-refractivity contribution in [1.29, 1.82) is 0 Å². The van der Waals surface area contributed by atoms with Crippen LogP contribution < -0.4 is 5.32 Å². The van der Waals surface area contributed by atoms with E-state index < -0.39 is 0 Å². The zero-order chi connectivity index (χ0) is 21.6. The Kier molecular flexibility index (Phi) is 5.91. The van der Waals surface area contributed by atoms with Gasteiger partial charge in [0.15, 0.2) is 0 Å². The van der Waals surface area contributed by atoms with E-state index in [1.807, 2.05) is 4.90 Å². The summed E-state index contributed by atoms with van der Waals surface area (Å²) in [4.78, 5) is 31.5. The third-order valence-corrected chi connectivity index (χ3v) is 9.00. The number of nitrogens with zero attached hydrogens (tertiary/aromatic N) is 2. The monoisotopic (exact) mass is 427 g/mol. The van der Waals surface area contributed by atoms with Gasteiger partial charge in [-0.3, -0.25) is 14.5 Å². The van der Waals surface area contributed by atoms with Crippen LogP contribution in [0.2, 0.25) is 0 Å². The highest BCUT2D eigenvalue weighted by atomic mass is 16.2. The van der Waals surface area contributed by atoms with Crippen molar-refractivity contribution in [3.8, 4) is 0 Å². The first-order valence-corrected chi connectivity index (χ1v) is 12.9. The van der Waals surface area contributed by atoms with E-state index in [2.05, 4.69) is 30.1 Å². The summed E-state index contributed by atoms with van der Waals surface area (Å²) >= 11 is 0. The Bertz CT molecular complexity index is 698. The molecule has 6 rings (SSSR count). The number of amides is 2. The number of rotatable bonds is 5. The van der Waals surface area contributed by atoms with E-state index in [1.54, 1.807) is 0 Å². The van der Waals surface area contributed by atoms with E-state index in [4.69, 9.17) is 0 Å². The predicted octanol–water partition coefficient (Wildman–Crippen LogP) is 3.74.